The Morgan fingerprint density at radius 2 is 1.65 bits per heavy atom. The highest BCUT2D eigenvalue weighted by molar-refractivity contribution is 7.90. The molecule has 1 heterocycles. The summed E-state index contributed by atoms with van der Waals surface area (Å²) in [5.41, 5.74) is 0. The van der Waals surface area contributed by atoms with Crippen LogP contribution in [0, 0.1) is 5.92 Å². The van der Waals surface area contributed by atoms with Crippen LogP contribution < -0.4 is 0 Å². The van der Waals surface area contributed by atoms with Crippen LogP contribution in [0.15, 0.2) is 0 Å². The zero-order valence-electron chi connectivity index (χ0n) is 11.4. The first-order valence-corrected chi connectivity index (χ1v) is 8.59. The third-order valence-electron chi connectivity index (χ3n) is 3.51. The summed E-state index contributed by atoms with van der Waals surface area (Å²) in [4.78, 5) is 4.75. The van der Waals surface area contributed by atoms with Crippen LogP contribution in [0.25, 0.3) is 0 Å². The molecule has 102 valence electrons. The maximum atomic E-state index is 11.1. The smallest absolute Gasteiger partial charge is 0.148 e. The fourth-order valence-electron chi connectivity index (χ4n) is 2.06. The second-order valence-corrected chi connectivity index (χ2v) is 7.55. The minimum absolute atomic E-state index is 0.290. The molecular formula is C12H26N2O2S. The lowest BCUT2D eigenvalue weighted by atomic mass is 10.1. The molecule has 0 radical (unpaired) electrons. The summed E-state index contributed by atoms with van der Waals surface area (Å²) in [6, 6.07) is 0. The third-order valence-corrected chi connectivity index (χ3v) is 4.43. The van der Waals surface area contributed by atoms with E-state index < -0.39 is 9.84 Å². The quantitative estimate of drug-likeness (QED) is 0.706. The third kappa shape index (κ3) is 6.38. The second kappa shape index (κ2) is 6.71. The Labute approximate surface area is 106 Å². The van der Waals surface area contributed by atoms with Crippen LogP contribution in [-0.4, -0.2) is 69.5 Å². The monoisotopic (exact) mass is 262 g/mol. The van der Waals surface area contributed by atoms with E-state index in [1.807, 2.05) is 0 Å². The van der Waals surface area contributed by atoms with E-state index in [9.17, 15) is 8.42 Å². The molecule has 1 atom stereocenters. The van der Waals surface area contributed by atoms with Crippen molar-refractivity contribution >= 4 is 9.84 Å². The highest BCUT2D eigenvalue weighted by Gasteiger charge is 2.18. The van der Waals surface area contributed by atoms with Crippen LogP contribution in [0.2, 0.25) is 0 Å². The van der Waals surface area contributed by atoms with Crippen molar-refractivity contribution in [3.63, 3.8) is 0 Å². The summed E-state index contributed by atoms with van der Waals surface area (Å²) < 4.78 is 22.2. The van der Waals surface area contributed by atoms with Gasteiger partial charge in [-0.25, -0.2) is 8.42 Å². The number of hydrogen-bond acceptors (Lipinski definition) is 4. The van der Waals surface area contributed by atoms with Crippen molar-refractivity contribution in [3.8, 4) is 0 Å². The summed E-state index contributed by atoms with van der Waals surface area (Å²) in [6.07, 6.45) is 2.54. The molecule has 1 unspecified atom stereocenters. The van der Waals surface area contributed by atoms with Gasteiger partial charge in [0.2, 0.25) is 0 Å². The standard InChI is InChI=1S/C12H26N2O2S/c1-4-12(2)11-14-7-5-13(6-8-14)9-10-17(3,15)16/h12H,4-11H2,1-3H3. The number of sulfone groups is 1. The normalized spacial score (nSPS) is 21.6. The van der Waals surface area contributed by atoms with E-state index in [1.54, 1.807) is 0 Å². The van der Waals surface area contributed by atoms with Crippen molar-refractivity contribution in [2.75, 3.05) is 51.3 Å². The van der Waals surface area contributed by atoms with Gasteiger partial charge in [-0.1, -0.05) is 20.3 Å². The molecule has 0 N–H and O–H groups in total. The predicted molar refractivity (Wildman–Crippen MR) is 72.0 cm³/mol. The van der Waals surface area contributed by atoms with Gasteiger partial charge in [-0.15, -0.1) is 0 Å². The van der Waals surface area contributed by atoms with Crippen LogP contribution in [0.4, 0.5) is 0 Å². The molecule has 0 bridgehead atoms. The molecule has 0 saturated carbocycles. The number of hydrogen-bond donors (Lipinski definition) is 0. The molecule has 0 aromatic carbocycles. The van der Waals surface area contributed by atoms with Crippen LogP contribution >= 0.6 is 0 Å². The van der Waals surface area contributed by atoms with Gasteiger partial charge in [0, 0.05) is 45.5 Å². The van der Waals surface area contributed by atoms with E-state index in [1.165, 1.54) is 19.2 Å². The van der Waals surface area contributed by atoms with Gasteiger partial charge < -0.3 is 4.90 Å². The Balaban J connectivity index is 2.22. The summed E-state index contributed by atoms with van der Waals surface area (Å²) >= 11 is 0. The summed E-state index contributed by atoms with van der Waals surface area (Å²) in [5.74, 6) is 1.05. The van der Waals surface area contributed by atoms with E-state index in [2.05, 4.69) is 23.6 Å². The molecule has 1 aliphatic rings. The molecule has 0 aromatic rings. The van der Waals surface area contributed by atoms with Gasteiger partial charge in [0.1, 0.15) is 9.84 Å². The molecule has 5 heteroatoms. The lowest BCUT2D eigenvalue weighted by Gasteiger charge is -2.35. The molecule has 1 fully saturated rings. The van der Waals surface area contributed by atoms with Gasteiger partial charge >= 0.3 is 0 Å². The van der Waals surface area contributed by atoms with Gasteiger partial charge in [-0.05, 0) is 5.92 Å². The average molecular weight is 262 g/mol. The summed E-state index contributed by atoms with van der Waals surface area (Å²) in [7, 11) is -2.82. The van der Waals surface area contributed by atoms with E-state index in [4.69, 9.17) is 0 Å². The Bertz CT molecular complexity index is 308. The molecule has 0 spiro atoms. The number of rotatable bonds is 6. The average Bonchev–Trinajstić information content (AvgIpc) is 2.27. The zero-order valence-corrected chi connectivity index (χ0v) is 12.2. The first-order valence-electron chi connectivity index (χ1n) is 6.53. The Hall–Kier alpha value is -0.130. The fourth-order valence-corrected chi connectivity index (χ4v) is 2.65. The first-order chi connectivity index (χ1) is 7.90. The Morgan fingerprint density at radius 3 is 2.12 bits per heavy atom. The highest BCUT2D eigenvalue weighted by Crippen LogP contribution is 2.08. The molecule has 0 amide bonds. The van der Waals surface area contributed by atoms with Gasteiger partial charge in [-0.3, -0.25) is 4.90 Å². The molecule has 0 aromatic heterocycles. The maximum Gasteiger partial charge on any atom is 0.148 e. The lowest BCUT2D eigenvalue weighted by molar-refractivity contribution is 0.124. The van der Waals surface area contributed by atoms with Crippen LogP contribution in [0.3, 0.4) is 0 Å². The van der Waals surface area contributed by atoms with Gasteiger partial charge in [0.15, 0.2) is 0 Å². The molecule has 0 aliphatic carbocycles. The molecule has 4 nitrogen and oxygen atoms in total. The zero-order chi connectivity index (χ0) is 12.9. The first kappa shape index (κ1) is 14.9. The van der Waals surface area contributed by atoms with Crippen molar-refractivity contribution in [1.29, 1.82) is 0 Å². The van der Waals surface area contributed by atoms with E-state index >= 15 is 0 Å². The van der Waals surface area contributed by atoms with E-state index in [0.29, 0.717) is 12.3 Å². The Kier molecular flexibility index (Phi) is 5.89. The van der Waals surface area contributed by atoms with Gasteiger partial charge in [0.05, 0.1) is 5.75 Å². The van der Waals surface area contributed by atoms with Crippen molar-refractivity contribution < 1.29 is 8.42 Å². The minimum Gasteiger partial charge on any atom is -0.301 e. The van der Waals surface area contributed by atoms with Crippen LogP contribution in [0.5, 0.6) is 0 Å². The molecule has 1 saturated heterocycles. The topological polar surface area (TPSA) is 40.6 Å². The maximum absolute atomic E-state index is 11.1. The van der Waals surface area contributed by atoms with Crippen molar-refractivity contribution in [1.82, 2.24) is 9.80 Å². The van der Waals surface area contributed by atoms with Crippen LogP contribution in [-0.2, 0) is 9.84 Å². The van der Waals surface area contributed by atoms with Crippen molar-refractivity contribution in [3.05, 3.63) is 0 Å². The predicted octanol–water partition coefficient (Wildman–Crippen LogP) is 0.695. The van der Waals surface area contributed by atoms with Crippen molar-refractivity contribution in [2.24, 2.45) is 5.92 Å². The molecule has 1 aliphatic heterocycles. The minimum atomic E-state index is -2.82. The number of nitrogens with zero attached hydrogens (tertiary/aromatic N) is 2. The second-order valence-electron chi connectivity index (χ2n) is 5.29. The van der Waals surface area contributed by atoms with Crippen LogP contribution in [0.1, 0.15) is 20.3 Å². The van der Waals surface area contributed by atoms with Gasteiger partial charge in [0.25, 0.3) is 0 Å². The Morgan fingerprint density at radius 1 is 1.12 bits per heavy atom. The molecule has 17 heavy (non-hydrogen) atoms. The summed E-state index contributed by atoms with van der Waals surface area (Å²) in [5, 5.41) is 0. The fraction of sp³-hybridized carbons (Fsp3) is 1.00. The summed E-state index contributed by atoms with van der Waals surface area (Å²) in [6.45, 7) is 10.6. The van der Waals surface area contributed by atoms with Crippen molar-refractivity contribution in [2.45, 2.75) is 20.3 Å². The number of piperazine rings is 1. The van der Waals surface area contributed by atoms with E-state index in [-0.39, 0.29) is 0 Å². The highest BCUT2D eigenvalue weighted by atomic mass is 32.2. The molecular weight excluding hydrogens is 236 g/mol. The molecule has 1 rings (SSSR count). The largest absolute Gasteiger partial charge is 0.301 e. The lowest BCUT2D eigenvalue weighted by Crippen LogP contribution is -2.48. The van der Waals surface area contributed by atoms with E-state index in [0.717, 1.165) is 32.1 Å². The SMILES string of the molecule is CCC(C)CN1CCN(CCS(C)(=O)=O)CC1. The van der Waals surface area contributed by atoms with Gasteiger partial charge in [-0.2, -0.15) is 0 Å².